The lowest BCUT2D eigenvalue weighted by Gasteiger charge is -2.23. The highest BCUT2D eigenvalue weighted by molar-refractivity contribution is 9.10. The number of methoxy groups -OCH3 is 1. The Bertz CT molecular complexity index is 394. The van der Waals surface area contributed by atoms with E-state index in [2.05, 4.69) is 35.8 Å². The van der Waals surface area contributed by atoms with Crippen molar-refractivity contribution in [2.75, 3.05) is 7.11 Å². The molecule has 90 valence electrons. The maximum Gasteiger partial charge on any atom is 0.136 e. The van der Waals surface area contributed by atoms with Gasteiger partial charge in [-0.3, -0.25) is 0 Å². The molecular formula is C13H20BrNO. The molecule has 1 aromatic carbocycles. The molecule has 1 aromatic rings. The second-order valence-electron chi connectivity index (χ2n) is 5.00. The Hall–Kier alpha value is -0.540. The van der Waals surface area contributed by atoms with Crippen molar-refractivity contribution in [3.63, 3.8) is 0 Å². The Kier molecular flexibility index (Phi) is 4.02. The second kappa shape index (κ2) is 4.76. The van der Waals surface area contributed by atoms with E-state index in [9.17, 15) is 0 Å². The van der Waals surface area contributed by atoms with Gasteiger partial charge in [0.1, 0.15) is 5.75 Å². The van der Waals surface area contributed by atoms with Gasteiger partial charge in [0.2, 0.25) is 0 Å². The van der Waals surface area contributed by atoms with Crippen molar-refractivity contribution in [3.05, 3.63) is 27.2 Å². The number of hydrogen-bond donors (Lipinski definition) is 1. The van der Waals surface area contributed by atoms with Gasteiger partial charge in [-0.15, -0.1) is 0 Å². The van der Waals surface area contributed by atoms with Gasteiger partial charge in [-0.1, -0.05) is 6.07 Å². The van der Waals surface area contributed by atoms with Gasteiger partial charge >= 0.3 is 0 Å². The topological polar surface area (TPSA) is 35.2 Å². The van der Waals surface area contributed by atoms with E-state index >= 15 is 0 Å². The molecule has 0 saturated carbocycles. The third kappa shape index (κ3) is 2.98. The largest absolute Gasteiger partial charge is 0.495 e. The summed E-state index contributed by atoms with van der Waals surface area (Å²) in [4.78, 5) is 0. The first-order valence-corrected chi connectivity index (χ1v) is 6.17. The van der Waals surface area contributed by atoms with E-state index in [4.69, 9.17) is 10.5 Å². The Morgan fingerprint density at radius 3 is 2.31 bits per heavy atom. The molecule has 0 atom stereocenters. The Labute approximate surface area is 106 Å². The van der Waals surface area contributed by atoms with Crippen LogP contribution in [0, 0.1) is 13.8 Å². The van der Waals surface area contributed by atoms with Gasteiger partial charge in [0, 0.05) is 11.1 Å². The molecule has 0 unspecified atom stereocenters. The van der Waals surface area contributed by atoms with Crippen LogP contribution in [0.1, 0.15) is 30.5 Å². The minimum Gasteiger partial charge on any atom is -0.495 e. The van der Waals surface area contributed by atoms with Crippen molar-refractivity contribution in [1.29, 1.82) is 0 Å². The first-order valence-electron chi connectivity index (χ1n) is 5.37. The highest BCUT2D eigenvalue weighted by Crippen LogP contribution is 2.35. The van der Waals surface area contributed by atoms with Crippen LogP contribution in [0.2, 0.25) is 0 Å². The summed E-state index contributed by atoms with van der Waals surface area (Å²) in [5, 5.41) is 0. The molecule has 0 radical (unpaired) electrons. The number of halogens is 1. The number of aryl methyl sites for hydroxylation is 2. The Morgan fingerprint density at radius 2 is 1.88 bits per heavy atom. The molecule has 3 heteroatoms. The first kappa shape index (κ1) is 13.5. The van der Waals surface area contributed by atoms with E-state index < -0.39 is 0 Å². The molecule has 16 heavy (non-hydrogen) atoms. The monoisotopic (exact) mass is 285 g/mol. The lowest BCUT2D eigenvalue weighted by atomic mass is 9.91. The average Bonchev–Trinajstić information content (AvgIpc) is 2.13. The lowest BCUT2D eigenvalue weighted by molar-refractivity contribution is 0.398. The van der Waals surface area contributed by atoms with Crippen molar-refractivity contribution >= 4 is 15.9 Å². The fourth-order valence-electron chi connectivity index (χ4n) is 1.85. The fraction of sp³-hybridized carbons (Fsp3) is 0.538. The molecule has 0 aromatic heterocycles. The summed E-state index contributed by atoms with van der Waals surface area (Å²) in [6, 6.07) is 2.16. The van der Waals surface area contributed by atoms with Crippen molar-refractivity contribution < 1.29 is 4.74 Å². The van der Waals surface area contributed by atoms with Crippen molar-refractivity contribution in [1.82, 2.24) is 0 Å². The molecule has 1 rings (SSSR count). The van der Waals surface area contributed by atoms with Gasteiger partial charge in [0.25, 0.3) is 0 Å². The first-order chi connectivity index (χ1) is 7.26. The van der Waals surface area contributed by atoms with Crippen LogP contribution in [-0.4, -0.2) is 12.6 Å². The van der Waals surface area contributed by atoms with Crippen LogP contribution in [0.5, 0.6) is 5.75 Å². The van der Waals surface area contributed by atoms with Gasteiger partial charge in [-0.2, -0.15) is 0 Å². The van der Waals surface area contributed by atoms with Crippen LogP contribution in [0.25, 0.3) is 0 Å². The summed E-state index contributed by atoms with van der Waals surface area (Å²) in [6.45, 7) is 8.22. The number of ether oxygens (including phenoxy) is 1. The Balaban J connectivity index is 3.32. The van der Waals surface area contributed by atoms with E-state index in [1.807, 2.05) is 13.8 Å². The quantitative estimate of drug-likeness (QED) is 0.924. The minimum atomic E-state index is -0.229. The van der Waals surface area contributed by atoms with Crippen LogP contribution in [0.15, 0.2) is 10.5 Å². The van der Waals surface area contributed by atoms with Gasteiger partial charge in [-0.05, 0) is 61.2 Å². The second-order valence-corrected chi connectivity index (χ2v) is 5.79. The molecule has 0 heterocycles. The van der Waals surface area contributed by atoms with Crippen LogP contribution in [0.3, 0.4) is 0 Å². The van der Waals surface area contributed by atoms with Crippen molar-refractivity contribution in [2.45, 2.75) is 39.7 Å². The highest BCUT2D eigenvalue weighted by atomic mass is 79.9. The molecule has 0 saturated heterocycles. The number of rotatable bonds is 3. The predicted molar refractivity (Wildman–Crippen MR) is 72.1 cm³/mol. The normalized spacial score (nSPS) is 11.7. The third-order valence-electron chi connectivity index (χ3n) is 2.57. The zero-order valence-corrected chi connectivity index (χ0v) is 12.2. The van der Waals surface area contributed by atoms with Gasteiger partial charge in [-0.25, -0.2) is 0 Å². The van der Waals surface area contributed by atoms with E-state index in [1.165, 1.54) is 16.7 Å². The molecular weight excluding hydrogens is 266 g/mol. The molecule has 0 bridgehead atoms. The average molecular weight is 286 g/mol. The van der Waals surface area contributed by atoms with Crippen LogP contribution in [0.4, 0.5) is 0 Å². The van der Waals surface area contributed by atoms with Gasteiger partial charge < -0.3 is 10.5 Å². The molecule has 0 spiro atoms. The highest BCUT2D eigenvalue weighted by Gasteiger charge is 2.19. The summed E-state index contributed by atoms with van der Waals surface area (Å²) in [5.74, 6) is 0.913. The van der Waals surface area contributed by atoms with E-state index in [-0.39, 0.29) is 5.54 Å². The number of hydrogen-bond acceptors (Lipinski definition) is 2. The summed E-state index contributed by atoms with van der Waals surface area (Å²) in [7, 11) is 1.70. The molecule has 0 aliphatic heterocycles. The summed E-state index contributed by atoms with van der Waals surface area (Å²) >= 11 is 3.57. The van der Waals surface area contributed by atoms with Crippen molar-refractivity contribution in [2.24, 2.45) is 5.73 Å². The standard InChI is InChI=1S/C13H20BrNO/c1-8-6-9(2)11(14)12(16-5)10(8)7-13(3,4)15/h6H,7,15H2,1-5H3. The summed E-state index contributed by atoms with van der Waals surface area (Å²) in [6.07, 6.45) is 0.806. The lowest BCUT2D eigenvalue weighted by Crippen LogP contribution is -2.34. The Morgan fingerprint density at radius 1 is 1.31 bits per heavy atom. The van der Waals surface area contributed by atoms with E-state index in [0.717, 1.165) is 16.6 Å². The summed E-state index contributed by atoms with van der Waals surface area (Å²) < 4.78 is 6.51. The van der Waals surface area contributed by atoms with E-state index in [1.54, 1.807) is 7.11 Å². The molecule has 0 aliphatic rings. The zero-order chi connectivity index (χ0) is 12.5. The van der Waals surface area contributed by atoms with Crippen LogP contribution < -0.4 is 10.5 Å². The molecule has 0 fully saturated rings. The third-order valence-corrected chi connectivity index (χ3v) is 3.55. The van der Waals surface area contributed by atoms with Crippen LogP contribution in [-0.2, 0) is 6.42 Å². The van der Waals surface area contributed by atoms with Gasteiger partial charge in [0.15, 0.2) is 0 Å². The zero-order valence-electron chi connectivity index (χ0n) is 10.6. The summed E-state index contributed by atoms with van der Waals surface area (Å²) in [5.41, 5.74) is 9.46. The molecule has 0 aliphatic carbocycles. The predicted octanol–water partition coefficient (Wildman–Crippen LogP) is 3.35. The molecule has 0 amide bonds. The maximum absolute atomic E-state index is 6.08. The number of benzene rings is 1. The molecule has 2 nitrogen and oxygen atoms in total. The van der Waals surface area contributed by atoms with E-state index in [0.29, 0.717) is 0 Å². The van der Waals surface area contributed by atoms with Crippen LogP contribution >= 0.6 is 15.9 Å². The minimum absolute atomic E-state index is 0.229. The number of nitrogens with two attached hydrogens (primary N) is 1. The van der Waals surface area contributed by atoms with Gasteiger partial charge in [0.05, 0.1) is 11.6 Å². The smallest absolute Gasteiger partial charge is 0.136 e. The molecule has 2 N–H and O–H groups in total. The maximum atomic E-state index is 6.08. The fourth-order valence-corrected chi connectivity index (χ4v) is 2.37. The van der Waals surface area contributed by atoms with Crippen molar-refractivity contribution in [3.8, 4) is 5.75 Å². The SMILES string of the molecule is COc1c(Br)c(C)cc(C)c1CC(C)(C)N.